The number of aromatic nitrogens is 1. The molecule has 8 heteroatoms. The minimum atomic E-state index is -0.597. The van der Waals surface area contributed by atoms with Crippen molar-refractivity contribution in [2.45, 2.75) is 0 Å². The summed E-state index contributed by atoms with van der Waals surface area (Å²) in [6.07, 6.45) is 1.48. The van der Waals surface area contributed by atoms with E-state index in [1.807, 2.05) is 35.7 Å². The minimum absolute atomic E-state index is 0.176. The maximum atomic E-state index is 11.9. The molecule has 150 valence electrons. The molecule has 1 heterocycles. The summed E-state index contributed by atoms with van der Waals surface area (Å²) in [5, 5.41) is 14.9. The van der Waals surface area contributed by atoms with E-state index in [1.54, 1.807) is 0 Å². The van der Waals surface area contributed by atoms with E-state index < -0.39 is 11.9 Å². The van der Waals surface area contributed by atoms with Gasteiger partial charge in [0.15, 0.2) is 0 Å². The van der Waals surface area contributed by atoms with E-state index in [2.05, 4.69) is 16.4 Å². The second kappa shape index (κ2) is 9.49. The average molecular weight is 419 g/mol. The summed E-state index contributed by atoms with van der Waals surface area (Å²) in [5.41, 5.74) is 2.82. The van der Waals surface area contributed by atoms with Crippen LogP contribution < -0.4 is 5.32 Å². The quantitative estimate of drug-likeness (QED) is 0.468. The number of ether oxygens (including phenoxy) is 2. The summed E-state index contributed by atoms with van der Waals surface area (Å²) in [5.74, 6) is -1.19. The zero-order valence-electron chi connectivity index (χ0n) is 16.2. The van der Waals surface area contributed by atoms with E-state index in [1.165, 1.54) is 50.0 Å². The van der Waals surface area contributed by atoms with Gasteiger partial charge >= 0.3 is 11.9 Å². The number of esters is 2. The fraction of sp³-hybridized carbons (Fsp3) is 0.0909. The number of nitriles is 1. The van der Waals surface area contributed by atoms with Crippen LogP contribution in [-0.4, -0.2) is 31.1 Å². The molecule has 0 amide bonds. The lowest BCUT2D eigenvalue weighted by molar-refractivity contribution is 0.0599. The van der Waals surface area contributed by atoms with E-state index in [-0.39, 0.29) is 11.1 Å². The van der Waals surface area contributed by atoms with E-state index in [4.69, 9.17) is 9.47 Å². The van der Waals surface area contributed by atoms with Gasteiger partial charge in [0.1, 0.15) is 16.6 Å². The van der Waals surface area contributed by atoms with E-state index in [9.17, 15) is 14.9 Å². The molecule has 3 aromatic rings. The van der Waals surface area contributed by atoms with Crippen molar-refractivity contribution in [2.75, 3.05) is 19.5 Å². The van der Waals surface area contributed by atoms with Crippen molar-refractivity contribution in [2.24, 2.45) is 0 Å². The number of hydrogen-bond acceptors (Lipinski definition) is 8. The van der Waals surface area contributed by atoms with Crippen LogP contribution in [0.4, 0.5) is 5.69 Å². The Morgan fingerprint density at radius 3 is 2.27 bits per heavy atom. The Hall–Kier alpha value is -3.96. The lowest BCUT2D eigenvalue weighted by Gasteiger charge is -2.08. The third kappa shape index (κ3) is 4.71. The van der Waals surface area contributed by atoms with E-state index >= 15 is 0 Å². The van der Waals surface area contributed by atoms with Gasteiger partial charge in [0, 0.05) is 22.8 Å². The molecule has 0 fully saturated rings. The number of carbonyl (C=O) groups excluding carboxylic acids is 2. The van der Waals surface area contributed by atoms with Gasteiger partial charge in [0.25, 0.3) is 0 Å². The zero-order chi connectivity index (χ0) is 21.5. The van der Waals surface area contributed by atoms with Gasteiger partial charge in [-0.05, 0) is 18.2 Å². The van der Waals surface area contributed by atoms with Gasteiger partial charge in [-0.15, -0.1) is 11.3 Å². The summed E-state index contributed by atoms with van der Waals surface area (Å²) in [7, 11) is 2.50. The molecule has 0 spiro atoms. The molecule has 0 atom stereocenters. The van der Waals surface area contributed by atoms with Gasteiger partial charge < -0.3 is 14.8 Å². The molecule has 0 aliphatic heterocycles. The Bertz CT molecular complexity index is 1110. The molecule has 0 aliphatic carbocycles. The topological polar surface area (TPSA) is 101 Å². The number of thiazole rings is 1. The smallest absolute Gasteiger partial charge is 0.337 e. The number of allylic oxidation sites excluding steroid dienone is 1. The van der Waals surface area contributed by atoms with Crippen molar-refractivity contribution in [1.29, 1.82) is 5.26 Å². The fourth-order valence-electron chi connectivity index (χ4n) is 2.62. The van der Waals surface area contributed by atoms with Crippen LogP contribution >= 0.6 is 11.3 Å². The first-order valence-corrected chi connectivity index (χ1v) is 9.63. The number of benzene rings is 2. The number of hydrogen-bond donors (Lipinski definition) is 1. The summed E-state index contributed by atoms with van der Waals surface area (Å²) in [4.78, 5) is 28.3. The molecule has 0 aliphatic rings. The molecule has 1 aromatic heterocycles. The second-order valence-electron chi connectivity index (χ2n) is 6.00. The van der Waals surface area contributed by atoms with Crippen LogP contribution in [0.2, 0.25) is 0 Å². The monoisotopic (exact) mass is 419 g/mol. The lowest BCUT2D eigenvalue weighted by Crippen LogP contribution is -2.07. The van der Waals surface area contributed by atoms with Crippen molar-refractivity contribution in [3.8, 4) is 17.3 Å². The minimum Gasteiger partial charge on any atom is -0.465 e. The molecular formula is C22H17N3O4S. The molecule has 0 unspecified atom stereocenters. The largest absolute Gasteiger partial charge is 0.465 e. The summed E-state index contributed by atoms with van der Waals surface area (Å²) in [6, 6.07) is 16.2. The van der Waals surface area contributed by atoms with Crippen molar-refractivity contribution in [1.82, 2.24) is 4.98 Å². The predicted molar refractivity (Wildman–Crippen MR) is 114 cm³/mol. The van der Waals surface area contributed by atoms with Crippen LogP contribution in [0.25, 0.3) is 16.8 Å². The molecule has 0 saturated heterocycles. The number of carbonyl (C=O) groups is 2. The number of rotatable bonds is 6. The molecule has 0 saturated carbocycles. The lowest BCUT2D eigenvalue weighted by atomic mass is 10.1. The maximum absolute atomic E-state index is 11.9. The number of methoxy groups -OCH3 is 2. The van der Waals surface area contributed by atoms with Gasteiger partial charge in [-0.3, -0.25) is 0 Å². The molecule has 1 N–H and O–H groups in total. The van der Waals surface area contributed by atoms with Gasteiger partial charge in [-0.2, -0.15) is 5.26 Å². The van der Waals surface area contributed by atoms with Crippen molar-refractivity contribution in [3.05, 3.63) is 76.2 Å². The number of nitrogens with zero attached hydrogens (tertiary/aromatic N) is 2. The maximum Gasteiger partial charge on any atom is 0.337 e. The highest BCUT2D eigenvalue weighted by atomic mass is 32.1. The molecule has 0 bridgehead atoms. The first-order chi connectivity index (χ1) is 14.5. The SMILES string of the molecule is COC(=O)c1cc(NC=C(C#N)c2nc(-c3ccccc3)cs2)cc(C(=O)OC)c1. The average Bonchev–Trinajstić information content (AvgIpc) is 3.29. The van der Waals surface area contributed by atoms with Crippen LogP contribution in [0.3, 0.4) is 0 Å². The standard InChI is InChI=1S/C22H17N3O4S/c1-28-21(26)15-8-16(22(27)29-2)10-18(9-15)24-12-17(11-23)20-25-19(13-30-20)14-6-4-3-5-7-14/h3-10,12-13,24H,1-2H3. The highest BCUT2D eigenvalue weighted by Crippen LogP contribution is 2.26. The second-order valence-corrected chi connectivity index (χ2v) is 6.86. The molecular weight excluding hydrogens is 402 g/mol. The summed E-state index contributed by atoms with van der Waals surface area (Å²) in [6.45, 7) is 0. The Balaban J connectivity index is 1.89. The van der Waals surface area contributed by atoms with Gasteiger partial charge in [-0.1, -0.05) is 30.3 Å². The Labute approximate surface area is 177 Å². The number of anilines is 1. The van der Waals surface area contributed by atoms with Crippen LogP contribution in [0.5, 0.6) is 0 Å². The molecule has 7 nitrogen and oxygen atoms in total. The van der Waals surface area contributed by atoms with Crippen molar-refractivity contribution in [3.63, 3.8) is 0 Å². The highest BCUT2D eigenvalue weighted by molar-refractivity contribution is 7.11. The van der Waals surface area contributed by atoms with Gasteiger partial charge in [0.05, 0.1) is 31.0 Å². The van der Waals surface area contributed by atoms with E-state index in [0.717, 1.165) is 11.3 Å². The Morgan fingerprint density at radius 2 is 1.70 bits per heavy atom. The molecule has 30 heavy (non-hydrogen) atoms. The summed E-state index contributed by atoms with van der Waals surface area (Å²) >= 11 is 1.35. The molecule has 3 rings (SSSR count). The molecule has 2 aromatic carbocycles. The van der Waals surface area contributed by atoms with Crippen LogP contribution in [0, 0.1) is 11.3 Å². The zero-order valence-corrected chi connectivity index (χ0v) is 17.0. The fourth-order valence-corrected chi connectivity index (χ4v) is 3.41. The third-order valence-corrected chi connectivity index (χ3v) is 4.96. The third-order valence-electron chi connectivity index (χ3n) is 4.08. The van der Waals surface area contributed by atoms with Gasteiger partial charge in [-0.25, -0.2) is 14.6 Å². The summed E-state index contributed by atoms with van der Waals surface area (Å²) < 4.78 is 9.45. The van der Waals surface area contributed by atoms with Crippen LogP contribution in [-0.2, 0) is 9.47 Å². The normalized spacial score (nSPS) is 10.8. The Kier molecular flexibility index (Phi) is 6.57. The first-order valence-electron chi connectivity index (χ1n) is 8.75. The van der Waals surface area contributed by atoms with Crippen LogP contribution in [0.1, 0.15) is 25.7 Å². The first kappa shape index (κ1) is 20.8. The van der Waals surface area contributed by atoms with Gasteiger partial charge in [0.2, 0.25) is 0 Å². The predicted octanol–water partition coefficient (Wildman–Crippen LogP) is 4.36. The Morgan fingerprint density at radius 1 is 1.07 bits per heavy atom. The van der Waals surface area contributed by atoms with E-state index in [0.29, 0.717) is 16.3 Å². The van der Waals surface area contributed by atoms with Crippen LogP contribution in [0.15, 0.2) is 60.1 Å². The highest BCUT2D eigenvalue weighted by Gasteiger charge is 2.14. The van der Waals surface area contributed by atoms with Crippen molar-refractivity contribution >= 4 is 34.5 Å². The van der Waals surface area contributed by atoms with Crippen molar-refractivity contribution < 1.29 is 19.1 Å². The number of nitrogens with one attached hydrogen (secondary N) is 1. The molecule has 0 radical (unpaired) electrons.